The van der Waals surface area contributed by atoms with Crippen molar-refractivity contribution in [2.24, 2.45) is 0 Å². The van der Waals surface area contributed by atoms with Crippen molar-refractivity contribution in [3.63, 3.8) is 0 Å². The molecule has 1 N–H and O–H groups in total. The van der Waals surface area contributed by atoms with E-state index in [9.17, 15) is 18.0 Å². The Morgan fingerprint density at radius 2 is 1.52 bits per heavy atom. The van der Waals surface area contributed by atoms with Gasteiger partial charge in [-0.15, -0.1) is 0 Å². The standard InChI is InChI=1S/C29H32Cl3N3O4S/c1-5-27(29(37)33-19(2)3)34(17-21-8-15-25(31)26(32)16-21)28(36)18-35(23-11-6-20(4)7-12-23)40(38,39)24-13-9-22(30)10-14-24/h6-16,19,27H,5,17-18H2,1-4H3,(H,33,37)/t27-/m0/s1. The molecule has 0 saturated heterocycles. The molecule has 0 fully saturated rings. The monoisotopic (exact) mass is 623 g/mol. The van der Waals surface area contributed by atoms with Crippen molar-refractivity contribution < 1.29 is 18.0 Å². The molecule has 0 aliphatic heterocycles. The van der Waals surface area contributed by atoms with Gasteiger partial charge in [0.1, 0.15) is 12.6 Å². The lowest BCUT2D eigenvalue weighted by Crippen LogP contribution is -2.53. The van der Waals surface area contributed by atoms with Crippen LogP contribution in [0.1, 0.15) is 38.3 Å². The lowest BCUT2D eigenvalue weighted by molar-refractivity contribution is -0.140. The molecule has 0 aliphatic rings. The summed E-state index contributed by atoms with van der Waals surface area (Å²) in [6.45, 7) is 6.80. The number of hydrogen-bond acceptors (Lipinski definition) is 4. The molecule has 0 aromatic heterocycles. The molecule has 0 bridgehead atoms. The molecule has 0 heterocycles. The van der Waals surface area contributed by atoms with E-state index in [0.717, 1.165) is 9.87 Å². The largest absolute Gasteiger partial charge is 0.352 e. The average Bonchev–Trinajstić information content (AvgIpc) is 2.89. The lowest BCUT2D eigenvalue weighted by Gasteiger charge is -2.33. The summed E-state index contributed by atoms with van der Waals surface area (Å²) in [5.74, 6) is -0.900. The van der Waals surface area contributed by atoms with Crippen molar-refractivity contribution in [2.45, 2.75) is 57.6 Å². The van der Waals surface area contributed by atoms with Crippen LogP contribution in [0.3, 0.4) is 0 Å². The fraction of sp³-hybridized carbons (Fsp3) is 0.310. The number of amides is 2. The summed E-state index contributed by atoms with van der Waals surface area (Å²) >= 11 is 18.3. The summed E-state index contributed by atoms with van der Waals surface area (Å²) in [7, 11) is -4.18. The van der Waals surface area contributed by atoms with Gasteiger partial charge < -0.3 is 10.2 Å². The topological polar surface area (TPSA) is 86.8 Å². The molecule has 3 aromatic carbocycles. The molecule has 7 nitrogen and oxygen atoms in total. The van der Waals surface area contributed by atoms with Gasteiger partial charge in [0.25, 0.3) is 10.0 Å². The Bertz CT molecular complexity index is 1450. The molecule has 2 amide bonds. The van der Waals surface area contributed by atoms with Crippen molar-refractivity contribution in [1.29, 1.82) is 0 Å². The van der Waals surface area contributed by atoms with E-state index in [1.165, 1.54) is 29.2 Å². The molecular weight excluding hydrogens is 593 g/mol. The Balaban J connectivity index is 2.07. The fourth-order valence-corrected chi connectivity index (χ4v) is 5.97. The van der Waals surface area contributed by atoms with Crippen molar-refractivity contribution in [2.75, 3.05) is 10.8 Å². The smallest absolute Gasteiger partial charge is 0.264 e. The van der Waals surface area contributed by atoms with Crippen molar-refractivity contribution >= 4 is 62.3 Å². The summed E-state index contributed by atoms with van der Waals surface area (Å²) in [6.07, 6.45) is 0.306. The summed E-state index contributed by atoms with van der Waals surface area (Å²) in [5.41, 5.74) is 1.88. The first-order valence-corrected chi connectivity index (χ1v) is 15.3. The summed E-state index contributed by atoms with van der Waals surface area (Å²) in [6, 6.07) is 16.5. The molecule has 0 aliphatic carbocycles. The maximum absolute atomic E-state index is 14.0. The normalized spacial score (nSPS) is 12.2. The molecular formula is C29H32Cl3N3O4S. The number of nitrogens with one attached hydrogen (secondary N) is 1. The molecule has 0 saturated carbocycles. The third-order valence-corrected chi connectivity index (χ3v) is 8.94. The third kappa shape index (κ3) is 7.91. The van der Waals surface area contributed by atoms with E-state index in [4.69, 9.17) is 34.8 Å². The first-order chi connectivity index (χ1) is 18.8. The Kier molecular flexibility index (Phi) is 10.9. The Hall–Kier alpha value is -2.78. The predicted molar refractivity (Wildman–Crippen MR) is 162 cm³/mol. The molecule has 11 heteroatoms. The van der Waals surface area contributed by atoms with Crippen LogP contribution in [0.2, 0.25) is 15.1 Å². The van der Waals surface area contributed by atoms with Crippen LogP contribution in [0.5, 0.6) is 0 Å². The third-order valence-electron chi connectivity index (χ3n) is 6.16. The van der Waals surface area contributed by atoms with E-state index in [-0.39, 0.29) is 23.4 Å². The van der Waals surface area contributed by atoms with Crippen LogP contribution in [0.25, 0.3) is 0 Å². The number of nitrogens with zero attached hydrogens (tertiary/aromatic N) is 2. The van der Waals surface area contributed by atoms with Crippen molar-refractivity contribution in [3.8, 4) is 0 Å². The zero-order valence-corrected chi connectivity index (χ0v) is 25.8. The van der Waals surface area contributed by atoms with Gasteiger partial charge in [-0.2, -0.15) is 0 Å². The Morgan fingerprint density at radius 3 is 2.08 bits per heavy atom. The van der Waals surface area contributed by atoms with E-state index in [1.807, 2.05) is 20.8 Å². The van der Waals surface area contributed by atoms with E-state index in [2.05, 4.69) is 5.32 Å². The van der Waals surface area contributed by atoms with Gasteiger partial charge in [0.2, 0.25) is 11.8 Å². The zero-order valence-electron chi connectivity index (χ0n) is 22.7. The van der Waals surface area contributed by atoms with Crippen LogP contribution >= 0.6 is 34.8 Å². The van der Waals surface area contributed by atoms with Gasteiger partial charge in [0, 0.05) is 17.6 Å². The molecule has 3 aromatic rings. The molecule has 0 radical (unpaired) electrons. The molecule has 0 unspecified atom stereocenters. The summed E-state index contributed by atoms with van der Waals surface area (Å²) in [4.78, 5) is 28.6. The van der Waals surface area contributed by atoms with E-state index in [1.54, 1.807) is 49.4 Å². The van der Waals surface area contributed by atoms with Gasteiger partial charge in [-0.3, -0.25) is 13.9 Å². The second-order valence-corrected chi connectivity index (χ2v) is 12.8. The van der Waals surface area contributed by atoms with Crippen LogP contribution in [-0.2, 0) is 26.2 Å². The second kappa shape index (κ2) is 13.7. The number of halogens is 3. The van der Waals surface area contributed by atoms with Crippen LogP contribution in [-0.4, -0.2) is 43.8 Å². The van der Waals surface area contributed by atoms with Gasteiger partial charge in [-0.25, -0.2) is 8.42 Å². The number of carbonyl (C=O) groups excluding carboxylic acids is 2. The summed E-state index contributed by atoms with van der Waals surface area (Å²) in [5, 5.41) is 3.90. The molecule has 40 heavy (non-hydrogen) atoms. The zero-order chi connectivity index (χ0) is 29.6. The molecule has 3 rings (SSSR count). The predicted octanol–water partition coefficient (Wildman–Crippen LogP) is 6.48. The van der Waals surface area contributed by atoms with Gasteiger partial charge in [-0.05, 0) is 81.3 Å². The first kappa shape index (κ1) is 31.7. The summed E-state index contributed by atoms with van der Waals surface area (Å²) < 4.78 is 28.7. The highest BCUT2D eigenvalue weighted by molar-refractivity contribution is 7.92. The SMILES string of the molecule is CC[C@@H](C(=O)NC(C)C)N(Cc1ccc(Cl)c(Cl)c1)C(=O)CN(c1ccc(C)cc1)S(=O)(=O)c1ccc(Cl)cc1. The minimum Gasteiger partial charge on any atom is -0.352 e. The van der Waals surface area contributed by atoms with Crippen LogP contribution in [0.4, 0.5) is 5.69 Å². The van der Waals surface area contributed by atoms with Crippen molar-refractivity contribution in [3.05, 3.63) is 92.9 Å². The van der Waals surface area contributed by atoms with E-state index >= 15 is 0 Å². The average molecular weight is 625 g/mol. The first-order valence-electron chi connectivity index (χ1n) is 12.7. The number of carbonyl (C=O) groups is 2. The number of benzene rings is 3. The van der Waals surface area contributed by atoms with Crippen LogP contribution < -0.4 is 9.62 Å². The molecule has 214 valence electrons. The fourth-order valence-electron chi connectivity index (χ4n) is 4.11. The highest BCUT2D eigenvalue weighted by Crippen LogP contribution is 2.27. The Labute approximate surface area is 251 Å². The van der Waals surface area contributed by atoms with E-state index < -0.39 is 28.5 Å². The quantitative estimate of drug-likeness (QED) is 0.265. The van der Waals surface area contributed by atoms with Gasteiger partial charge in [-0.1, -0.05) is 65.5 Å². The minimum atomic E-state index is -4.18. The molecule has 1 atom stereocenters. The van der Waals surface area contributed by atoms with Crippen LogP contribution in [0.15, 0.2) is 71.6 Å². The minimum absolute atomic E-state index is 0.0163. The number of aryl methyl sites for hydroxylation is 1. The number of hydrogen-bond donors (Lipinski definition) is 1. The van der Waals surface area contributed by atoms with Crippen molar-refractivity contribution in [1.82, 2.24) is 10.2 Å². The molecule has 0 spiro atoms. The number of rotatable bonds is 11. The van der Waals surface area contributed by atoms with Crippen LogP contribution in [0, 0.1) is 6.92 Å². The number of anilines is 1. The maximum atomic E-state index is 14.0. The maximum Gasteiger partial charge on any atom is 0.264 e. The van der Waals surface area contributed by atoms with Gasteiger partial charge in [0.05, 0.1) is 20.6 Å². The van der Waals surface area contributed by atoms with Gasteiger partial charge in [0.15, 0.2) is 0 Å². The van der Waals surface area contributed by atoms with E-state index in [0.29, 0.717) is 32.7 Å². The highest BCUT2D eigenvalue weighted by Gasteiger charge is 2.34. The second-order valence-electron chi connectivity index (χ2n) is 9.66. The highest BCUT2D eigenvalue weighted by atomic mass is 35.5. The Morgan fingerprint density at radius 1 is 0.900 bits per heavy atom. The van der Waals surface area contributed by atoms with Gasteiger partial charge >= 0.3 is 0 Å². The lowest BCUT2D eigenvalue weighted by atomic mass is 10.1. The number of sulfonamides is 1.